The van der Waals surface area contributed by atoms with Crippen molar-refractivity contribution in [3.8, 4) is 11.4 Å². The summed E-state index contributed by atoms with van der Waals surface area (Å²) in [6.07, 6.45) is 3.77. The molecule has 0 bridgehead atoms. The lowest BCUT2D eigenvalue weighted by atomic mass is 10.1. The summed E-state index contributed by atoms with van der Waals surface area (Å²) in [5.74, 6) is 2.36. The fourth-order valence-corrected chi connectivity index (χ4v) is 4.01. The molecule has 1 saturated heterocycles. The zero-order chi connectivity index (χ0) is 21.1. The van der Waals surface area contributed by atoms with Crippen LogP contribution in [0, 0.1) is 0 Å². The number of rotatable bonds is 5. The second-order valence-electron chi connectivity index (χ2n) is 7.50. The number of hydrogen-bond donors (Lipinski definition) is 0. The zero-order valence-electron chi connectivity index (χ0n) is 17.4. The minimum absolute atomic E-state index is 0.0981. The first kappa shape index (κ1) is 20.4. The second-order valence-corrected chi connectivity index (χ2v) is 8.34. The Morgan fingerprint density at radius 3 is 2.50 bits per heavy atom. The number of hydrogen-bond acceptors (Lipinski definition) is 7. The molecule has 0 saturated carbocycles. The van der Waals surface area contributed by atoms with Crippen LogP contribution in [0.25, 0.3) is 11.4 Å². The maximum Gasteiger partial charge on any atom is 0.255 e. The van der Waals surface area contributed by atoms with Crippen LogP contribution in [-0.4, -0.2) is 58.4 Å². The molecule has 30 heavy (non-hydrogen) atoms. The number of thioether (sulfide) groups is 1. The van der Waals surface area contributed by atoms with E-state index in [1.807, 2.05) is 61.4 Å². The van der Waals surface area contributed by atoms with Crippen LogP contribution in [0.5, 0.6) is 0 Å². The van der Waals surface area contributed by atoms with Crippen LogP contribution in [0.2, 0.25) is 0 Å². The molecule has 0 N–H and O–H groups in total. The van der Waals surface area contributed by atoms with E-state index in [0.717, 1.165) is 34.9 Å². The number of nitrogens with zero attached hydrogens (tertiary/aromatic N) is 5. The average Bonchev–Trinajstić information content (AvgIpc) is 3.30. The van der Waals surface area contributed by atoms with Crippen molar-refractivity contribution in [3.63, 3.8) is 0 Å². The molecule has 0 aliphatic carbocycles. The number of carbonyl (C=O) groups is 1. The fraction of sp³-hybridized carbons (Fsp3) is 0.364. The van der Waals surface area contributed by atoms with E-state index in [9.17, 15) is 4.79 Å². The molecule has 3 heterocycles. The fourth-order valence-electron chi connectivity index (χ4n) is 3.42. The summed E-state index contributed by atoms with van der Waals surface area (Å²) < 4.78 is 5.28. The van der Waals surface area contributed by atoms with Crippen molar-refractivity contribution in [3.05, 3.63) is 54.0 Å². The van der Waals surface area contributed by atoms with Gasteiger partial charge in [-0.15, -0.1) is 11.8 Å². The standard InChI is InChI=1S/C22H25N5O2S/c1-15(2)21-24-20(25-29-21)16-8-9-19(23-14-16)26-10-12-27(13-11-26)22(28)17-6-4-5-7-18(17)30-3/h4-9,14-15H,10-13H2,1-3H3. The van der Waals surface area contributed by atoms with Crippen molar-refractivity contribution < 1.29 is 9.32 Å². The van der Waals surface area contributed by atoms with Crippen LogP contribution in [0.15, 0.2) is 52.0 Å². The number of pyridine rings is 1. The smallest absolute Gasteiger partial charge is 0.255 e. The molecule has 0 spiro atoms. The van der Waals surface area contributed by atoms with E-state index >= 15 is 0 Å². The Balaban J connectivity index is 1.39. The lowest BCUT2D eigenvalue weighted by Gasteiger charge is -2.35. The molecule has 4 rings (SSSR count). The first-order valence-corrected chi connectivity index (χ1v) is 11.3. The van der Waals surface area contributed by atoms with Gasteiger partial charge in [0.15, 0.2) is 0 Å². The van der Waals surface area contributed by atoms with E-state index in [4.69, 9.17) is 4.52 Å². The van der Waals surface area contributed by atoms with Gasteiger partial charge in [-0.1, -0.05) is 31.1 Å². The Labute approximate surface area is 180 Å². The molecule has 156 valence electrons. The molecule has 7 nitrogen and oxygen atoms in total. The number of carbonyl (C=O) groups excluding carboxylic acids is 1. The normalized spacial score (nSPS) is 14.4. The van der Waals surface area contributed by atoms with Crippen molar-refractivity contribution in [2.24, 2.45) is 0 Å². The predicted molar refractivity (Wildman–Crippen MR) is 118 cm³/mol. The molecule has 0 atom stereocenters. The minimum Gasteiger partial charge on any atom is -0.353 e. The van der Waals surface area contributed by atoms with Crippen molar-refractivity contribution >= 4 is 23.5 Å². The topological polar surface area (TPSA) is 75.4 Å². The Kier molecular flexibility index (Phi) is 6.03. The van der Waals surface area contributed by atoms with Gasteiger partial charge in [-0.3, -0.25) is 4.79 Å². The van der Waals surface area contributed by atoms with Gasteiger partial charge >= 0.3 is 0 Å². The lowest BCUT2D eigenvalue weighted by Crippen LogP contribution is -2.49. The first-order valence-electron chi connectivity index (χ1n) is 10.0. The third kappa shape index (κ3) is 4.18. The Morgan fingerprint density at radius 1 is 1.10 bits per heavy atom. The zero-order valence-corrected chi connectivity index (χ0v) is 18.2. The molecule has 1 aliphatic rings. The minimum atomic E-state index is 0.0981. The summed E-state index contributed by atoms with van der Waals surface area (Å²) in [6, 6.07) is 11.7. The quantitative estimate of drug-likeness (QED) is 0.575. The molecule has 3 aromatic rings. The Morgan fingerprint density at radius 2 is 1.87 bits per heavy atom. The molecular weight excluding hydrogens is 398 g/mol. The molecule has 1 aromatic carbocycles. The summed E-state index contributed by atoms with van der Waals surface area (Å²) in [5.41, 5.74) is 1.61. The van der Waals surface area contributed by atoms with Gasteiger partial charge < -0.3 is 14.3 Å². The molecule has 1 fully saturated rings. The van der Waals surface area contributed by atoms with E-state index in [-0.39, 0.29) is 11.8 Å². The molecule has 1 aliphatic heterocycles. The van der Waals surface area contributed by atoms with Crippen LogP contribution >= 0.6 is 11.8 Å². The van der Waals surface area contributed by atoms with Gasteiger partial charge in [-0.25, -0.2) is 4.98 Å². The number of anilines is 1. The molecule has 0 radical (unpaired) electrons. The van der Waals surface area contributed by atoms with Crippen molar-refractivity contribution in [2.75, 3.05) is 37.3 Å². The van der Waals surface area contributed by atoms with E-state index < -0.39 is 0 Å². The van der Waals surface area contributed by atoms with Crippen LogP contribution in [-0.2, 0) is 0 Å². The van der Waals surface area contributed by atoms with Gasteiger partial charge in [0.25, 0.3) is 5.91 Å². The van der Waals surface area contributed by atoms with Crippen molar-refractivity contribution in [1.82, 2.24) is 20.0 Å². The summed E-state index contributed by atoms with van der Waals surface area (Å²) in [7, 11) is 0. The largest absolute Gasteiger partial charge is 0.353 e. The summed E-state index contributed by atoms with van der Waals surface area (Å²) in [6.45, 7) is 6.88. The van der Waals surface area contributed by atoms with E-state index in [2.05, 4.69) is 20.0 Å². The number of amides is 1. The van der Waals surface area contributed by atoms with Crippen molar-refractivity contribution in [1.29, 1.82) is 0 Å². The highest BCUT2D eigenvalue weighted by atomic mass is 32.2. The Hall–Kier alpha value is -2.87. The van der Waals surface area contributed by atoms with E-state index in [1.165, 1.54) is 0 Å². The number of piperazine rings is 1. The maximum atomic E-state index is 12.9. The number of benzene rings is 1. The van der Waals surface area contributed by atoms with Crippen LogP contribution < -0.4 is 4.90 Å². The SMILES string of the molecule is CSc1ccccc1C(=O)N1CCN(c2ccc(-c3noc(C(C)C)n3)cn2)CC1. The highest BCUT2D eigenvalue weighted by Gasteiger charge is 2.24. The highest BCUT2D eigenvalue weighted by Crippen LogP contribution is 2.24. The van der Waals surface area contributed by atoms with E-state index in [0.29, 0.717) is 24.8 Å². The van der Waals surface area contributed by atoms with Gasteiger partial charge in [0.2, 0.25) is 11.7 Å². The highest BCUT2D eigenvalue weighted by molar-refractivity contribution is 7.98. The second kappa shape index (κ2) is 8.87. The lowest BCUT2D eigenvalue weighted by molar-refractivity contribution is 0.0743. The van der Waals surface area contributed by atoms with Gasteiger partial charge in [0.1, 0.15) is 5.82 Å². The number of aromatic nitrogens is 3. The first-order chi connectivity index (χ1) is 14.6. The average molecular weight is 424 g/mol. The van der Waals surface area contributed by atoms with Gasteiger partial charge in [0.05, 0.1) is 5.56 Å². The molecule has 8 heteroatoms. The van der Waals surface area contributed by atoms with Gasteiger partial charge in [-0.2, -0.15) is 4.98 Å². The molecule has 0 unspecified atom stereocenters. The van der Waals surface area contributed by atoms with Crippen LogP contribution in [0.1, 0.15) is 36.0 Å². The Bertz CT molecular complexity index is 1010. The summed E-state index contributed by atoms with van der Waals surface area (Å²) >= 11 is 1.60. The summed E-state index contributed by atoms with van der Waals surface area (Å²) in [4.78, 5) is 27.1. The van der Waals surface area contributed by atoms with E-state index in [1.54, 1.807) is 18.0 Å². The van der Waals surface area contributed by atoms with Gasteiger partial charge in [0, 0.05) is 48.8 Å². The third-order valence-electron chi connectivity index (χ3n) is 5.17. The van der Waals surface area contributed by atoms with Gasteiger partial charge in [-0.05, 0) is 30.5 Å². The summed E-state index contributed by atoms with van der Waals surface area (Å²) in [5, 5.41) is 4.04. The molecular formula is C22H25N5O2S. The maximum absolute atomic E-state index is 12.9. The van der Waals surface area contributed by atoms with Crippen LogP contribution in [0.3, 0.4) is 0 Å². The molecule has 1 amide bonds. The van der Waals surface area contributed by atoms with Crippen molar-refractivity contribution in [2.45, 2.75) is 24.7 Å². The third-order valence-corrected chi connectivity index (χ3v) is 5.97. The monoisotopic (exact) mass is 423 g/mol. The molecule has 2 aromatic heterocycles. The van der Waals surface area contributed by atoms with Crippen LogP contribution in [0.4, 0.5) is 5.82 Å². The predicted octanol–water partition coefficient (Wildman–Crippen LogP) is 3.94.